The minimum Gasteiger partial charge on any atom is -0.480 e. The first kappa shape index (κ1) is 17.5. The van der Waals surface area contributed by atoms with Gasteiger partial charge in [0, 0.05) is 10.4 Å². The lowest BCUT2D eigenvalue weighted by Crippen LogP contribution is -2.19. The predicted octanol–water partition coefficient (Wildman–Crippen LogP) is 6.32. The summed E-state index contributed by atoms with van der Waals surface area (Å²) in [5.74, 6) is 0. The minimum absolute atomic E-state index is 0.219. The maximum atomic E-state index is 6.24. The maximum absolute atomic E-state index is 6.24. The summed E-state index contributed by atoms with van der Waals surface area (Å²) in [7, 11) is 0. The van der Waals surface area contributed by atoms with E-state index in [1.54, 1.807) is 11.3 Å². The van der Waals surface area contributed by atoms with Gasteiger partial charge in [-0.2, -0.15) is 0 Å². The second-order valence-corrected chi connectivity index (χ2v) is 8.54. The van der Waals surface area contributed by atoms with Crippen LogP contribution in [0.1, 0.15) is 50.4 Å². The van der Waals surface area contributed by atoms with Crippen LogP contribution in [0.3, 0.4) is 0 Å². The smallest absolute Gasteiger partial charge is 0.189 e. The number of rotatable bonds is 4. The van der Waals surface area contributed by atoms with E-state index in [0.717, 1.165) is 34.7 Å². The Morgan fingerprint density at radius 2 is 1.68 bits per heavy atom. The summed E-state index contributed by atoms with van der Waals surface area (Å²) >= 11 is 5.38. The van der Waals surface area contributed by atoms with E-state index in [1.807, 2.05) is 0 Å². The van der Waals surface area contributed by atoms with E-state index in [-0.39, 0.29) is 6.29 Å². The number of hydrogen-bond acceptors (Lipinski definition) is 4. The van der Waals surface area contributed by atoms with Gasteiger partial charge in [-0.3, -0.25) is 0 Å². The van der Waals surface area contributed by atoms with Crippen LogP contribution in [-0.4, -0.2) is 19.3 Å². The van der Waals surface area contributed by atoms with Gasteiger partial charge in [0.1, 0.15) is 0 Å². The van der Waals surface area contributed by atoms with Gasteiger partial charge in [-0.05, 0) is 59.7 Å². The van der Waals surface area contributed by atoms with Crippen LogP contribution in [-0.2, 0) is 9.47 Å². The van der Waals surface area contributed by atoms with Gasteiger partial charge >= 0.3 is 0 Å². The molecule has 0 spiro atoms. The summed E-state index contributed by atoms with van der Waals surface area (Å²) < 4.78 is 18.6. The van der Waals surface area contributed by atoms with Crippen molar-refractivity contribution in [3.63, 3.8) is 0 Å². The third kappa shape index (κ3) is 4.27. The highest BCUT2D eigenvalue weighted by atomic mass is 79.9. The zero-order valence-electron chi connectivity index (χ0n) is 14.2. The molecular formula is C20H23BrO3S. The van der Waals surface area contributed by atoms with Crippen LogP contribution in [0, 0.1) is 0 Å². The molecule has 2 aromatic rings. The summed E-state index contributed by atoms with van der Waals surface area (Å²) in [6, 6.07) is 10.6. The molecule has 1 aliphatic carbocycles. The normalized spacial score (nSPS) is 19.9. The Balaban J connectivity index is 1.46. The number of halogens is 1. The summed E-state index contributed by atoms with van der Waals surface area (Å²) in [4.78, 5) is 1.22. The number of ether oxygens (including phenoxy) is 3. The molecule has 1 aliphatic heterocycles. The number of hydrogen-bond donors (Lipinski definition) is 0. The summed E-state index contributed by atoms with van der Waals surface area (Å²) in [6.07, 6.45) is 7.40. The summed E-state index contributed by atoms with van der Waals surface area (Å²) in [5, 5.41) is 1.00. The molecule has 25 heavy (non-hydrogen) atoms. The van der Waals surface area contributed by atoms with Gasteiger partial charge in [0.15, 0.2) is 11.4 Å². The molecule has 5 heteroatoms. The van der Waals surface area contributed by atoms with Crippen molar-refractivity contribution in [3.05, 3.63) is 40.4 Å². The average molecular weight is 423 g/mol. The van der Waals surface area contributed by atoms with E-state index in [1.165, 1.54) is 42.5 Å². The lowest BCUT2D eigenvalue weighted by molar-refractivity contribution is -0.183. The van der Waals surface area contributed by atoms with Gasteiger partial charge in [-0.1, -0.05) is 42.0 Å². The van der Waals surface area contributed by atoms with E-state index >= 15 is 0 Å². The Labute approximate surface area is 161 Å². The van der Waals surface area contributed by atoms with E-state index < -0.39 is 0 Å². The van der Waals surface area contributed by atoms with Gasteiger partial charge < -0.3 is 14.2 Å². The fourth-order valence-electron chi connectivity index (χ4n) is 3.39. The molecule has 1 saturated heterocycles. The SMILES string of the molecule is Brc1cc(-c2ccc(C3OCCCO3)cc2)sc1OC1CCCCC1. The molecule has 3 nitrogen and oxygen atoms in total. The van der Waals surface area contributed by atoms with Crippen LogP contribution in [0.2, 0.25) is 0 Å². The maximum Gasteiger partial charge on any atom is 0.189 e. The lowest BCUT2D eigenvalue weighted by atomic mass is 9.98. The van der Waals surface area contributed by atoms with E-state index in [9.17, 15) is 0 Å². The minimum atomic E-state index is -0.219. The van der Waals surface area contributed by atoms with Gasteiger partial charge in [-0.25, -0.2) is 0 Å². The molecule has 1 aromatic carbocycles. The van der Waals surface area contributed by atoms with E-state index in [2.05, 4.69) is 46.3 Å². The van der Waals surface area contributed by atoms with Crippen molar-refractivity contribution in [1.29, 1.82) is 0 Å². The van der Waals surface area contributed by atoms with Crippen molar-refractivity contribution in [1.82, 2.24) is 0 Å². The van der Waals surface area contributed by atoms with E-state index in [4.69, 9.17) is 14.2 Å². The van der Waals surface area contributed by atoms with Crippen LogP contribution < -0.4 is 4.74 Å². The predicted molar refractivity (Wildman–Crippen MR) is 104 cm³/mol. The lowest BCUT2D eigenvalue weighted by Gasteiger charge is -2.23. The Bertz CT molecular complexity index is 685. The van der Waals surface area contributed by atoms with Crippen molar-refractivity contribution < 1.29 is 14.2 Å². The zero-order valence-corrected chi connectivity index (χ0v) is 16.6. The fraction of sp³-hybridized carbons (Fsp3) is 0.500. The van der Waals surface area contributed by atoms with Gasteiger partial charge in [0.25, 0.3) is 0 Å². The molecule has 1 saturated carbocycles. The molecular weight excluding hydrogens is 400 g/mol. The molecule has 1 aromatic heterocycles. The topological polar surface area (TPSA) is 27.7 Å². The zero-order chi connectivity index (χ0) is 17.1. The van der Waals surface area contributed by atoms with Gasteiger partial charge in [0.05, 0.1) is 23.8 Å². The summed E-state index contributed by atoms with van der Waals surface area (Å²) in [5.41, 5.74) is 2.28. The molecule has 4 rings (SSSR count). The van der Waals surface area contributed by atoms with Crippen molar-refractivity contribution in [2.45, 2.75) is 50.9 Å². The standard InChI is InChI=1S/C20H23BrO3S/c21-17-13-18(25-20(17)24-16-5-2-1-3-6-16)14-7-9-15(10-8-14)19-22-11-4-12-23-19/h7-10,13,16,19H,1-6,11-12H2. The Hall–Kier alpha value is -0.880. The average Bonchev–Trinajstić information content (AvgIpc) is 3.04. The molecule has 0 amide bonds. The van der Waals surface area contributed by atoms with Crippen molar-refractivity contribution in [3.8, 4) is 15.5 Å². The molecule has 0 radical (unpaired) electrons. The first-order valence-corrected chi connectivity index (χ1v) is 10.7. The molecule has 0 N–H and O–H groups in total. The van der Waals surface area contributed by atoms with Crippen LogP contribution in [0.4, 0.5) is 0 Å². The van der Waals surface area contributed by atoms with Crippen LogP contribution in [0.25, 0.3) is 10.4 Å². The van der Waals surface area contributed by atoms with Crippen LogP contribution in [0.15, 0.2) is 34.8 Å². The third-order valence-electron chi connectivity index (χ3n) is 4.78. The van der Waals surface area contributed by atoms with Crippen molar-refractivity contribution >= 4 is 27.3 Å². The van der Waals surface area contributed by atoms with E-state index in [0.29, 0.717) is 6.10 Å². The van der Waals surface area contributed by atoms with Crippen molar-refractivity contribution in [2.24, 2.45) is 0 Å². The molecule has 0 atom stereocenters. The first-order valence-electron chi connectivity index (χ1n) is 9.09. The highest BCUT2D eigenvalue weighted by Gasteiger charge is 2.19. The summed E-state index contributed by atoms with van der Waals surface area (Å²) in [6.45, 7) is 1.54. The molecule has 134 valence electrons. The van der Waals surface area contributed by atoms with Crippen LogP contribution in [0.5, 0.6) is 5.06 Å². The first-order chi connectivity index (χ1) is 12.3. The fourth-order valence-corrected chi connectivity index (χ4v) is 5.08. The Morgan fingerprint density at radius 1 is 0.960 bits per heavy atom. The Morgan fingerprint density at radius 3 is 2.40 bits per heavy atom. The van der Waals surface area contributed by atoms with Crippen molar-refractivity contribution in [2.75, 3.05) is 13.2 Å². The Kier molecular flexibility index (Phi) is 5.76. The monoisotopic (exact) mass is 422 g/mol. The molecule has 2 aliphatic rings. The molecule has 0 bridgehead atoms. The molecule has 2 fully saturated rings. The number of thiophene rings is 1. The second kappa shape index (κ2) is 8.21. The van der Waals surface area contributed by atoms with Gasteiger partial charge in [0.2, 0.25) is 0 Å². The highest BCUT2D eigenvalue weighted by molar-refractivity contribution is 9.10. The largest absolute Gasteiger partial charge is 0.480 e. The molecule has 0 unspecified atom stereocenters. The van der Waals surface area contributed by atoms with Gasteiger partial charge in [-0.15, -0.1) is 0 Å². The quantitative estimate of drug-likeness (QED) is 0.576. The van der Waals surface area contributed by atoms with Crippen LogP contribution >= 0.6 is 27.3 Å². The second-order valence-electron chi connectivity index (χ2n) is 6.67. The third-order valence-corrected chi connectivity index (χ3v) is 6.70. The highest BCUT2D eigenvalue weighted by Crippen LogP contribution is 2.42. The molecule has 2 heterocycles. The number of benzene rings is 1.